The fourth-order valence-electron chi connectivity index (χ4n) is 2.70. The highest BCUT2D eigenvalue weighted by Crippen LogP contribution is 2.36. The van der Waals surface area contributed by atoms with Crippen LogP contribution in [0.5, 0.6) is 11.5 Å². The molecule has 0 atom stereocenters. The molecule has 0 radical (unpaired) electrons. The molecule has 0 bridgehead atoms. The van der Waals surface area contributed by atoms with Gasteiger partial charge in [-0.05, 0) is 31.2 Å². The summed E-state index contributed by atoms with van der Waals surface area (Å²) < 4.78 is 16.1. The summed E-state index contributed by atoms with van der Waals surface area (Å²) in [6.07, 6.45) is 0.104. The Kier molecular flexibility index (Phi) is 5.71. The van der Waals surface area contributed by atoms with Gasteiger partial charge in [-0.2, -0.15) is 0 Å². The summed E-state index contributed by atoms with van der Waals surface area (Å²) in [7, 11) is 1.52. The third-order valence-corrected chi connectivity index (χ3v) is 3.92. The molecule has 0 aliphatic carbocycles. The van der Waals surface area contributed by atoms with Crippen LogP contribution in [0.15, 0.2) is 47.3 Å². The maximum Gasteiger partial charge on any atom is 0.309 e. The number of esters is 1. The first-order chi connectivity index (χ1) is 13.1. The number of aromatic amines is 1. The molecule has 1 N–H and O–H groups in total. The van der Waals surface area contributed by atoms with Gasteiger partial charge in [0.15, 0.2) is 11.5 Å². The summed E-state index contributed by atoms with van der Waals surface area (Å²) in [5.74, 6) is 0.907. The maximum atomic E-state index is 12.4. The summed E-state index contributed by atoms with van der Waals surface area (Å²) in [6.45, 7) is 2.18. The molecule has 1 heterocycles. The molecular weight excluding hydrogens is 348 g/mol. The molecule has 2 aromatic carbocycles. The van der Waals surface area contributed by atoms with Crippen LogP contribution in [0.3, 0.4) is 0 Å². The first-order valence-corrected chi connectivity index (χ1v) is 8.59. The lowest BCUT2D eigenvalue weighted by molar-refractivity contribution is -0.143. The van der Waals surface area contributed by atoms with E-state index in [-0.39, 0.29) is 24.6 Å². The van der Waals surface area contributed by atoms with Gasteiger partial charge < -0.3 is 19.2 Å². The van der Waals surface area contributed by atoms with E-state index in [1.807, 2.05) is 6.07 Å². The summed E-state index contributed by atoms with van der Waals surface area (Å²) in [5.41, 5.74) is 0.911. The Morgan fingerprint density at radius 3 is 2.74 bits per heavy atom. The van der Waals surface area contributed by atoms with Crippen molar-refractivity contribution in [2.24, 2.45) is 0 Å². The Morgan fingerprint density at radius 1 is 1.15 bits per heavy atom. The van der Waals surface area contributed by atoms with Crippen LogP contribution in [0, 0.1) is 0 Å². The minimum atomic E-state index is -0.341. The van der Waals surface area contributed by atoms with E-state index in [0.29, 0.717) is 40.4 Å². The number of methoxy groups -OCH3 is 1. The fraction of sp³-hybridized carbons (Fsp3) is 0.250. The maximum absolute atomic E-state index is 12.4. The van der Waals surface area contributed by atoms with Gasteiger partial charge in [-0.25, -0.2) is 4.98 Å². The Labute approximate surface area is 155 Å². The van der Waals surface area contributed by atoms with Gasteiger partial charge in [0.1, 0.15) is 5.82 Å². The minimum Gasteiger partial charge on any atom is -0.493 e. The molecule has 140 valence electrons. The number of aromatic nitrogens is 2. The van der Waals surface area contributed by atoms with E-state index in [9.17, 15) is 9.59 Å². The second-order valence-corrected chi connectivity index (χ2v) is 5.67. The van der Waals surface area contributed by atoms with Crippen molar-refractivity contribution in [3.05, 3.63) is 52.8 Å². The molecular formula is C20H20N2O5. The van der Waals surface area contributed by atoms with Crippen molar-refractivity contribution >= 4 is 16.9 Å². The zero-order valence-corrected chi connectivity index (χ0v) is 15.2. The molecule has 0 aliphatic rings. The molecule has 0 saturated heterocycles. The van der Waals surface area contributed by atoms with Gasteiger partial charge in [0.2, 0.25) is 0 Å². The zero-order valence-electron chi connectivity index (χ0n) is 15.2. The van der Waals surface area contributed by atoms with E-state index in [0.717, 1.165) is 0 Å². The first-order valence-electron chi connectivity index (χ1n) is 8.59. The van der Waals surface area contributed by atoms with Crippen molar-refractivity contribution in [1.29, 1.82) is 0 Å². The van der Waals surface area contributed by atoms with Crippen LogP contribution in [0.25, 0.3) is 22.3 Å². The topological polar surface area (TPSA) is 90.5 Å². The third-order valence-electron chi connectivity index (χ3n) is 3.92. The number of nitrogens with zero attached hydrogens (tertiary/aromatic N) is 1. The van der Waals surface area contributed by atoms with E-state index in [1.165, 1.54) is 7.11 Å². The quantitative estimate of drug-likeness (QED) is 0.645. The normalized spacial score (nSPS) is 10.6. The Bertz CT molecular complexity index is 1010. The number of fused-ring (bicyclic) bond motifs is 1. The lowest BCUT2D eigenvalue weighted by Crippen LogP contribution is -2.12. The molecule has 0 unspecified atom stereocenters. The molecule has 0 aliphatic heterocycles. The number of benzene rings is 2. The van der Waals surface area contributed by atoms with Crippen molar-refractivity contribution in [3.8, 4) is 22.9 Å². The van der Waals surface area contributed by atoms with Crippen LogP contribution in [-0.4, -0.2) is 36.3 Å². The molecule has 0 saturated carbocycles. The van der Waals surface area contributed by atoms with E-state index in [4.69, 9.17) is 14.2 Å². The number of nitrogens with one attached hydrogen (secondary N) is 1. The molecule has 7 nitrogen and oxygen atoms in total. The van der Waals surface area contributed by atoms with Crippen molar-refractivity contribution in [2.75, 3.05) is 20.3 Å². The highest BCUT2D eigenvalue weighted by atomic mass is 16.5. The van der Waals surface area contributed by atoms with Gasteiger partial charge in [-0.3, -0.25) is 9.59 Å². The molecule has 3 aromatic rings. The van der Waals surface area contributed by atoms with E-state index < -0.39 is 0 Å². The van der Waals surface area contributed by atoms with E-state index >= 15 is 0 Å². The summed E-state index contributed by atoms with van der Waals surface area (Å²) >= 11 is 0. The van der Waals surface area contributed by atoms with Gasteiger partial charge in [-0.1, -0.05) is 18.2 Å². The molecule has 0 spiro atoms. The molecule has 27 heavy (non-hydrogen) atoms. The largest absolute Gasteiger partial charge is 0.493 e. The third kappa shape index (κ3) is 4.08. The van der Waals surface area contributed by atoms with Crippen LogP contribution in [0.4, 0.5) is 0 Å². The highest BCUT2D eigenvalue weighted by Gasteiger charge is 2.16. The lowest BCUT2D eigenvalue weighted by Gasteiger charge is -2.14. The predicted octanol–water partition coefficient (Wildman–Crippen LogP) is 2.93. The van der Waals surface area contributed by atoms with Gasteiger partial charge in [-0.15, -0.1) is 0 Å². The average molecular weight is 368 g/mol. The SMILES string of the molecule is CCOC(=O)CCOc1c(OC)cccc1-c1nc2ccccc2c(=O)[nH]1. The van der Waals surface area contributed by atoms with Gasteiger partial charge in [0, 0.05) is 0 Å². The number of rotatable bonds is 7. The molecule has 7 heteroatoms. The highest BCUT2D eigenvalue weighted by molar-refractivity contribution is 5.80. The standard InChI is InChI=1S/C20H20N2O5/c1-3-26-17(23)11-12-27-18-14(8-6-10-16(18)25-2)19-21-15-9-5-4-7-13(15)20(24)22-19/h4-10H,3,11-12H2,1-2H3,(H,21,22,24). The smallest absolute Gasteiger partial charge is 0.309 e. The summed E-state index contributed by atoms with van der Waals surface area (Å²) in [6, 6.07) is 12.4. The fourth-order valence-corrected chi connectivity index (χ4v) is 2.70. The second-order valence-electron chi connectivity index (χ2n) is 5.67. The Morgan fingerprint density at radius 2 is 1.96 bits per heavy atom. The number of carbonyl (C=O) groups is 1. The van der Waals surface area contributed by atoms with E-state index in [1.54, 1.807) is 43.3 Å². The summed E-state index contributed by atoms with van der Waals surface area (Å²) in [4.78, 5) is 31.2. The van der Waals surface area contributed by atoms with Gasteiger partial charge in [0.25, 0.3) is 5.56 Å². The molecule has 0 amide bonds. The van der Waals surface area contributed by atoms with Crippen molar-refractivity contribution in [3.63, 3.8) is 0 Å². The molecule has 3 rings (SSSR count). The van der Waals surface area contributed by atoms with Crippen LogP contribution in [0.2, 0.25) is 0 Å². The molecule has 0 fully saturated rings. The van der Waals surface area contributed by atoms with Crippen LogP contribution >= 0.6 is 0 Å². The number of ether oxygens (including phenoxy) is 3. The van der Waals surface area contributed by atoms with Crippen molar-refractivity contribution in [2.45, 2.75) is 13.3 Å². The number of carbonyl (C=O) groups excluding carboxylic acids is 1. The number of hydrogen-bond acceptors (Lipinski definition) is 6. The Hall–Kier alpha value is -3.35. The van der Waals surface area contributed by atoms with Crippen molar-refractivity contribution < 1.29 is 19.0 Å². The Balaban J connectivity index is 1.98. The molecule has 1 aromatic heterocycles. The van der Waals surface area contributed by atoms with Gasteiger partial charge >= 0.3 is 5.97 Å². The van der Waals surface area contributed by atoms with Gasteiger partial charge in [0.05, 0.1) is 43.2 Å². The van der Waals surface area contributed by atoms with Crippen LogP contribution in [0.1, 0.15) is 13.3 Å². The van der Waals surface area contributed by atoms with E-state index in [2.05, 4.69) is 9.97 Å². The lowest BCUT2D eigenvalue weighted by atomic mass is 10.1. The predicted molar refractivity (Wildman–Crippen MR) is 101 cm³/mol. The minimum absolute atomic E-state index is 0.104. The second kappa shape index (κ2) is 8.35. The summed E-state index contributed by atoms with van der Waals surface area (Å²) in [5, 5.41) is 0.508. The number of hydrogen-bond donors (Lipinski definition) is 1. The first kappa shape index (κ1) is 18.4. The van der Waals surface area contributed by atoms with Crippen molar-refractivity contribution in [1.82, 2.24) is 9.97 Å². The number of para-hydroxylation sites is 2. The monoisotopic (exact) mass is 368 g/mol. The van der Waals surface area contributed by atoms with Crippen LogP contribution < -0.4 is 15.0 Å². The number of H-pyrrole nitrogens is 1. The average Bonchev–Trinajstić information content (AvgIpc) is 2.68. The zero-order chi connectivity index (χ0) is 19.2. The van der Waals surface area contributed by atoms with Crippen LogP contribution in [-0.2, 0) is 9.53 Å².